The summed E-state index contributed by atoms with van der Waals surface area (Å²) in [5.41, 5.74) is 6.33. The monoisotopic (exact) mass is 243 g/mol. The molecule has 0 aliphatic carbocycles. The minimum Gasteiger partial charge on any atom is -0.369 e. The number of carbonyl (C=O) groups is 1. The van der Waals surface area contributed by atoms with E-state index < -0.39 is 0 Å². The first-order chi connectivity index (χ1) is 8.70. The minimum absolute atomic E-state index is 0.0554. The Labute approximate surface area is 107 Å². The maximum Gasteiger partial charge on any atom is 0.221 e. The molecule has 1 saturated heterocycles. The van der Waals surface area contributed by atoms with Crippen LogP contribution >= 0.6 is 0 Å². The first-order valence-corrected chi connectivity index (χ1v) is 6.17. The summed E-state index contributed by atoms with van der Waals surface area (Å²) < 4.78 is 0. The van der Waals surface area contributed by atoms with Crippen LogP contribution < -0.4 is 5.73 Å². The average Bonchev–Trinajstić information content (AvgIpc) is 2.86. The van der Waals surface area contributed by atoms with Crippen molar-refractivity contribution in [3.05, 3.63) is 35.9 Å². The van der Waals surface area contributed by atoms with E-state index in [1.165, 1.54) is 0 Å². The first kappa shape index (κ1) is 12.6. The molecule has 4 nitrogen and oxygen atoms in total. The van der Waals surface area contributed by atoms with E-state index >= 15 is 0 Å². The van der Waals surface area contributed by atoms with Crippen LogP contribution in [0.25, 0.3) is 0 Å². The van der Waals surface area contributed by atoms with E-state index in [4.69, 9.17) is 5.73 Å². The Morgan fingerprint density at radius 1 is 1.50 bits per heavy atom. The zero-order chi connectivity index (χ0) is 13.0. The van der Waals surface area contributed by atoms with Crippen LogP contribution in [0.15, 0.2) is 30.3 Å². The third-order valence-corrected chi connectivity index (χ3v) is 3.47. The summed E-state index contributed by atoms with van der Waals surface area (Å²) >= 11 is 0. The average molecular weight is 243 g/mol. The number of hydrogen-bond donors (Lipinski definition) is 1. The van der Waals surface area contributed by atoms with Crippen molar-refractivity contribution in [3.8, 4) is 6.07 Å². The van der Waals surface area contributed by atoms with Gasteiger partial charge < -0.3 is 10.6 Å². The zero-order valence-corrected chi connectivity index (χ0v) is 10.2. The normalized spacial score (nSPS) is 21.4. The first-order valence-electron chi connectivity index (χ1n) is 6.17. The molecule has 1 aromatic carbocycles. The van der Waals surface area contributed by atoms with Crippen LogP contribution in [0.3, 0.4) is 0 Å². The predicted molar refractivity (Wildman–Crippen MR) is 68.5 cm³/mol. The summed E-state index contributed by atoms with van der Waals surface area (Å²) in [6, 6.07) is 12.1. The van der Waals surface area contributed by atoms with E-state index in [0.717, 1.165) is 18.5 Å². The van der Waals surface area contributed by atoms with Crippen LogP contribution in [0, 0.1) is 17.2 Å². The fourth-order valence-electron chi connectivity index (χ4n) is 2.40. The van der Waals surface area contributed by atoms with Crippen LogP contribution in [0.2, 0.25) is 0 Å². The number of rotatable bonds is 4. The van der Waals surface area contributed by atoms with Crippen molar-refractivity contribution in [2.45, 2.75) is 12.3 Å². The molecule has 0 saturated carbocycles. The topological polar surface area (TPSA) is 70.1 Å². The second-order valence-electron chi connectivity index (χ2n) is 4.74. The molecule has 1 amide bonds. The molecule has 94 valence electrons. The Morgan fingerprint density at radius 2 is 2.22 bits per heavy atom. The summed E-state index contributed by atoms with van der Waals surface area (Å²) in [5, 5.41) is 9.25. The van der Waals surface area contributed by atoms with Gasteiger partial charge in [-0.25, -0.2) is 0 Å². The number of nitrogens with zero attached hydrogens (tertiary/aromatic N) is 2. The number of likely N-dealkylation sites (tertiary alicyclic amines) is 1. The van der Waals surface area contributed by atoms with Gasteiger partial charge in [0.1, 0.15) is 0 Å². The molecule has 2 unspecified atom stereocenters. The molecule has 2 atom stereocenters. The Morgan fingerprint density at radius 3 is 2.78 bits per heavy atom. The van der Waals surface area contributed by atoms with Crippen LogP contribution in [0.4, 0.5) is 0 Å². The van der Waals surface area contributed by atoms with E-state index in [1.807, 2.05) is 30.3 Å². The van der Waals surface area contributed by atoms with E-state index in [1.54, 1.807) is 0 Å². The SMILES string of the molecule is N#CC(CN1CCC(C(N)=O)C1)c1ccccc1. The second kappa shape index (κ2) is 5.65. The molecule has 0 spiro atoms. The van der Waals surface area contributed by atoms with Crippen LogP contribution in [0.1, 0.15) is 17.9 Å². The molecule has 1 aromatic rings. The Kier molecular flexibility index (Phi) is 3.96. The second-order valence-corrected chi connectivity index (χ2v) is 4.74. The molecule has 1 heterocycles. The quantitative estimate of drug-likeness (QED) is 0.861. The lowest BCUT2D eigenvalue weighted by molar-refractivity contribution is -0.121. The van der Waals surface area contributed by atoms with E-state index in [0.29, 0.717) is 13.1 Å². The van der Waals surface area contributed by atoms with Crippen molar-refractivity contribution in [2.75, 3.05) is 19.6 Å². The Hall–Kier alpha value is -1.86. The molecule has 0 aromatic heterocycles. The highest BCUT2D eigenvalue weighted by Gasteiger charge is 2.28. The van der Waals surface area contributed by atoms with Crippen molar-refractivity contribution in [1.29, 1.82) is 5.26 Å². The van der Waals surface area contributed by atoms with Crippen molar-refractivity contribution < 1.29 is 4.79 Å². The lowest BCUT2D eigenvalue weighted by Crippen LogP contribution is -2.29. The molecular formula is C14H17N3O. The van der Waals surface area contributed by atoms with Gasteiger partial charge in [-0.2, -0.15) is 5.26 Å². The van der Waals surface area contributed by atoms with Crippen molar-refractivity contribution in [3.63, 3.8) is 0 Å². The standard InChI is InChI=1S/C14H17N3O/c15-8-13(11-4-2-1-3-5-11)10-17-7-6-12(9-17)14(16)18/h1-5,12-13H,6-7,9-10H2,(H2,16,18). The molecule has 1 aliphatic rings. The van der Waals surface area contributed by atoms with Crippen molar-refractivity contribution >= 4 is 5.91 Å². The van der Waals surface area contributed by atoms with Gasteiger partial charge >= 0.3 is 0 Å². The number of amides is 1. The molecule has 18 heavy (non-hydrogen) atoms. The van der Waals surface area contributed by atoms with Crippen molar-refractivity contribution in [2.24, 2.45) is 11.7 Å². The Balaban J connectivity index is 1.97. The number of nitriles is 1. The van der Waals surface area contributed by atoms with Gasteiger partial charge in [-0.3, -0.25) is 4.79 Å². The maximum absolute atomic E-state index is 11.1. The largest absolute Gasteiger partial charge is 0.369 e. The van der Waals surface area contributed by atoms with E-state index in [9.17, 15) is 10.1 Å². The lowest BCUT2D eigenvalue weighted by atomic mass is 10.0. The fraction of sp³-hybridized carbons (Fsp3) is 0.429. The van der Waals surface area contributed by atoms with Gasteiger partial charge in [-0.1, -0.05) is 30.3 Å². The highest BCUT2D eigenvalue weighted by atomic mass is 16.1. The Bertz CT molecular complexity index is 452. The van der Waals surface area contributed by atoms with E-state index in [2.05, 4.69) is 11.0 Å². The summed E-state index contributed by atoms with van der Waals surface area (Å²) in [7, 11) is 0. The van der Waals surface area contributed by atoms with Crippen LogP contribution in [-0.4, -0.2) is 30.4 Å². The van der Waals surface area contributed by atoms with Crippen molar-refractivity contribution in [1.82, 2.24) is 4.90 Å². The number of benzene rings is 1. The lowest BCUT2D eigenvalue weighted by Gasteiger charge is -2.19. The van der Waals surface area contributed by atoms with E-state index in [-0.39, 0.29) is 17.7 Å². The van der Waals surface area contributed by atoms with Gasteiger partial charge in [-0.05, 0) is 18.5 Å². The summed E-state index contributed by atoms with van der Waals surface area (Å²) in [6.07, 6.45) is 0.808. The van der Waals surface area contributed by atoms with Gasteiger partial charge in [0.2, 0.25) is 5.91 Å². The third-order valence-electron chi connectivity index (χ3n) is 3.47. The molecule has 4 heteroatoms. The van der Waals surface area contributed by atoms with Gasteiger partial charge in [0.25, 0.3) is 0 Å². The van der Waals surface area contributed by atoms with Gasteiger partial charge in [0, 0.05) is 13.1 Å². The summed E-state index contributed by atoms with van der Waals surface area (Å²) in [4.78, 5) is 13.3. The third kappa shape index (κ3) is 2.88. The predicted octanol–water partition coefficient (Wildman–Crippen LogP) is 1.10. The molecular weight excluding hydrogens is 226 g/mol. The van der Waals surface area contributed by atoms with Crippen LogP contribution in [-0.2, 0) is 4.79 Å². The smallest absolute Gasteiger partial charge is 0.221 e. The molecule has 2 rings (SSSR count). The summed E-state index contributed by atoms with van der Waals surface area (Å²) in [6.45, 7) is 2.20. The molecule has 1 aliphatic heterocycles. The molecule has 0 bridgehead atoms. The fourth-order valence-corrected chi connectivity index (χ4v) is 2.40. The molecule has 2 N–H and O–H groups in total. The number of primary amides is 1. The number of carbonyl (C=O) groups excluding carboxylic acids is 1. The van der Waals surface area contributed by atoms with Gasteiger partial charge in [0.05, 0.1) is 17.9 Å². The highest BCUT2D eigenvalue weighted by molar-refractivity contribution is 5.77. The van der Waals surface area contributed by atoms with Gasteiger partial charge in [-0.15, -0.1) is 0 Å². The molecule has 0 radical (unpaired) electrons. The summed E-state index contributed by atoms with van der Waals surface area (Å²) in [5.74, 6) is -0.427. The highest BCUT2D eigenvalue weighted by Crippen LogP contribution is 2.21. The number of hydrogen-bond acceptors (Lipinski definition) is 3. The van der Waals surface area contributed by atoms with Gasteiger partial charge in [0.15, 0.2) is 0 Å². The van der Waals surface area contributed by atoms with Crippen LogP contribution in [0.5, 0.6) is 0 Å². The zero-order valence-electron chi connectivity index (χ0n) is 10.2. The molecule has 1 fully saturated rings. The number of nitrogens with two attached hydrogens (primary N) is 1. The maximum atomic E-state index is 11.1. The minimum atomic E-state index is -0.231.